The Hall–Kier alpha value is -3.32. The van der Waals surface area contributed by atoms with Crippen molar-refractivity contribution in [1.29, 1.82) is 0 Å². The molecule has 1 aromatic rings. The number of aromatic carboxylic acids is 1. The van der Waals surface area contributed by atoms with Gasteiger partial charge < -0.3 is 41.2 Å². The fraction of sp³-hybridized carbons (Fsp3) is 0.474. The van der Waals surface area contributed by atoms with Crippen molar-refractivity contribution in [3.05, 3.63) is 23.3 Å². The number of carboxylic acid groups (broad SMARTS) is 1. The Labute approximate surface area is 184 Å². The van der Waals surface area contributed by atoms with Gasteiger partial charge >= 0.3 is 13.1 Å². The molecule has 1 saturated heterocycles. The molecular formula is C19H25BN4O8. The van der Waals surface area contributed by atoms with Crippen molar-refractivity contribution < 1.29 is 38.7 Å². The number of rotatable bonds is 8. The summed E-state index contributed by atoms with van der Waals surface area (Å²) in [5.74, 6) is -2.82. The average molecular weight is 448 g/mol. The van der Waals surface area contributed by atoms with Gasteiger partial charge in [0.2, 0.25) is 17.7 Å². The third-order valence-corrected chi connectivity index (χ3v) is 5.30. The number of nitrogens with two attached hydrogens (primary N) is 2. The molecule has 0 saturated carbocycles. The first-order chi connectivity index (χ1) is 15.1. The molecule has 3 rings (SSSR count). The first-order valence-corrected chi connectivity index (χ1v) is 10.1. The number of hydrogen-bond acceptors (Lipinski definition) is 8. The quantitative estimate of drug-likeness (QED) is 0.282. The zero-order valence-corrected chi connectivity index (χ0v) is 17.4. The number of primary amides is 1. The van der Waals surface area contributed by atoms with Gasteiger partial charge in [-0.25, -0.2) is 4.79 Å². The molecule has 12 nitrogen and oxygen atoms in total. The standard InChI is InChI=1S/C19H25BN4O8/c1-9(23-14(25)6-12(21)17(22)26)18(27)24-7-11(8-24)31-13-3-2-10-4-5-20(30)32-16(10)15(13)19(28)29/h2-3,9,11-12,30H,4-8,21H2,1H3,(H2,22,26)(H,23,25)(H,28,29)/t9-,12-/m1/s1. The highest BCUT2D eigenvalue weighted by molar-refractivity contribution is 6.44. The smallest absolute Gasteiger partial charge is 0.522 e. The van der Waals surface area contributed by atoms with Crippen LogP contribution in [0, 0.1) is 0 Å². The van der Waals surface area contributed by atoms with Crippen LogP contribution >= 0.6 is 0 Å². The van der Waals surface area contributed by atoms with Crippen molar-refractivity contribution in [2.24, 2.45) is 11.5 Å². The number of amides is 3. The molecule has 0 radical (unpaired) electrons. The van der Waals surface area contributed by atoms with E-state index in [9.17, 15) is 29.3 Å². The maximum Gasteiger partial charge on any atom is 0.522 e. The molecule has 7 N–H and O–H groups in total. The Morgan fingerprint density at radius 3 is 2.66 bits per heavy atom. The van der Waals surface area contributed by atoms with E-state index < -0.39 is 43.1 Å². The Kier molecular flexibility index (Phi) is 6.89. The zero-order chi connectivity index (χ0) is 23.6. The van der Waals surface area contributed by atoms with Crippen LogP contribution in [0.4, 0.5) is 0 Å². The first kappa shape index (κ1) is 23.4. The predicted octanol–water partition coefficient (Wildman–Crippen LogP) is -1.90. The minimum absolute atomic E-state index is 0.0873. The van der Waals surface area contributed by atoms with Crippen LogP contribution in [-0.2, 0) is 20.8 Å². The molecule has 3 amide bonds. The number of aryl methyl sites for hydroxylation is 1. The second kappa shape index (κ2) is 9.45. The van der Waals surface area contributed by atoms with Crippen LogP contribution in [0.5, 0.6) is 11.5 Å². The van der Waals surface area contributed by atoms with Crippen LogP contribution in [-0.4, -0.2) is 77.1 Å². The van der Waals surface area contributed by atoms with Crippen molar-refractivity contribution >= 4 is 30.8 Å². The molecule has 2 heterocycles. The summed E-state index contributed by atoms with van der Waals surface area (Å²) in [5.41, 5.74) is 10.9. The summed E-state index contributed by atoms with van der Waals surface area (Å²) < 4.78 is 11.1. The van der Waals surface area contributed by atoms with Gasteiger partial charge in [-0.2, -0.15) is 0 Å². The number of carbonyl (C=O) groups excluding carboxylic acids is 3. The monoisotopic (exact) mass is 448 g/mol. The fourth-order valence-corrected chi connectivity index (χ4v) is 3.52. The molecule has 32 heavy (non-hydrogen) atoms. The van der Waals surface area contributed by atoms with E-state index in [1.54, 1.807) is 12.1 Å². The summed E-state index contributed by atoms with van der Waals surface area (Å²) in [7, 11) is -1.08. The normalized spacial score (nSPS) is 17.3. The minimum atomic E-state index is -1.25. The largest absolute Gasteiger partial charge is 0.535 e. The van der Waals surface area contributed by atoms with E-state index in [1.807, 2.05) is 0 Å². The SMILES string of the molecule is C[C@@H](NC(=O)C[C@@H](N)C(N)=O)C(=O)N1CC(Oc2ccc3c(c2C(=O)O)OB(O)CC3)C1. The van der Waals surface area contributed by atoms with Crippen molar-refractivity contribution in [2.45, 2.75) is 44.3 Å². The molecule has 0 aromatic heterocycles. The Morgan fingerprint density at radius 2 is 2.03 bits per heavy atom. The minimum Gasteiger partial charge on any atom is -0.535 e. The summed E-state index contributed by atoms with van der Waals surface area (Å²) in [5, 5.41) is 21.8. The molecular weight excluding hydrogens is 423 g/mol. The van der Waals surface area contributed by atoms with Crippen molar-refractivity contribution in [3.8, 4) is 11.5 Å². The molecule has 2 aliphatic rings. The molecule has 0 aliphatic carbocycles. The lowest BCUT2D eigenvalue weighted by atomic mass is 9.78. The summed E-state index contributed by atoms with van der Waals surface area (Å²) in [6.07, 6.45) is 0.0762. The predicted molar refractivity (Wildman–Crippen MR) is 111 cm³/mol. The van der Waals surface area contributed by atoms with Gasteiger partial charge in [0.1, 0.15) is 29.2 Å². The number of ether oxygens (including phenoxy) is 1. The van der Waals surface area contributed by atoms with Crippen LogP contribution in [0.15, 0.2) is 12.1 Å². The third kappa shape index (κ3) is 5.11. The number of benzene rings is 1. The van der Waals surface area contributed by atoms with Crippen molar-refractivity contribution in [3.63, 3.8) is 0 Å². The van der Waals surface area contributed by atoms with Crippen LogP contribution in [0.3, 0.4) is 0 Å². The fourth-order valence-electron chi connectivity index (χ4n) is 3.52. The molecule has 0 unspecified atom stereocenters. The number of fused-ring (bicyclic) bond motifs is 1. The van der Waals surface area contributed by atoms with Gasteiger partial charge in [0.15, 0.2) is 0 Å². The molecule has 0 bridgehead atoms. The summed E-state index contributed by atoms with van der Waals surface area (Å²) in [6.45, 7) is 1.89. The van der Waals surface area contributed by atoms with Crippen LogP contribution in [0.2, 0.25) is 6.32 Å². The number of nitrogens with one attached hydrogen (secondary N) is 1. The Balaban J connectivity index is 1.56. The van der Waals surface area contributed by atoms with Crippen molar-refractivity contribution in [1.82, 2.24) is 10.2 Å². The molecule has 172 valence electrons. The van der Waals surface area contributed by atoms with Gasteiger partial charge in [0, 0.05) is 0 Å². The van der Waals surface area contributed by atoms with Crippen LogP contribution in [0.1, 0.15) is 29.3 Å². The molecule has 13 heteroatoms. The van der Waals surface area contributed by atoms with E-state index in [0.29, 0.717) is 18.3 Å². The second-order valence-corrected chi connectivity index (χ2v) is 7.83. The first-order valence-electron chi connectivity index (χ1n) is 10.1. The van der Waals surface area contributed by atoms with Crippen LogP contribution in [0.25, 0.3) is 0 Å². The van der Waals surface area contributed by atoms with Crippen molar-refractivity contribution in [2.75, 3.05) is 13.1 Å². The average Bonchev–Trinajstić information content (AvgIpc) is 2.68. The van der Waals surface area contributed by atoms with Gasteiger partial charge in [0.25, 0.3) is 0 Å². The van der Waals surface area contributed by atoms with Crippen LogP contribution < -0.4 is 26.2 Å². The highest BCUT2D eigenvalue weighted by Crippen LogP contribution is 2.37. The molecule has 1 aromatic carbocycles. The summed E-state index contributed by atoms with van der Waals surface area (Å²) in [6, 6.07) is 1.25. The van der Waals surface area contributed by atoms with Gasteiger partial charge in [-0.15, -0.1) is 0 Å². The number of carbonyl (C=O) groups is 4. The number of nitrogens with zero attached hydrogens (tertiary/aromatic N) is 1. The van der Waals surface area contributed by atoms with E-state index in [0.717, 1.165) is 0 Å². The van der Waals surface area contributed by atoms with E-state index in [-0.39, 0.29) is 42.5 Å². The lowest BCUT2D eigenvalue weighted by Crippen LogP contribution is -2.60. The molecule has 1 fully saturated rings. The van der Waals surface area contributed by atoms with Gasteiger partial charge in [-0.05, 0) is 31.3 Å². The summed E-state index contributed by atoms with van der Waals surface area (Å²) in [4.78, 5) is 48.5. The molecule has 2 aliphatic heterocycles. The van der Waals surface area contributed by atoms with E-state index in [2.05, 4.69) is 5.32 Å². The van der Waals surface area contributed by atoms with Gasteiger partial charge in [0.05, 0.1) is 25.6 Å². The Bertz CT molecular complexity index is 936. The third-order valence-electron chi connectivity index (χ3n) is 5.30. The van der Waals surface area contributed by atoms with Gasteiger partial charge in [-0.3, -0.25) is 14.4 Å². The number of hydrogen-bond donors (Lipinski definition) is 5. The second-order valence-electron chi connectivity index (χ2n) is 7.83. The highest BCUT2D eigenvalue weighted by Gasteiger charge is 2.37. The molecule has 2 atom stereocenters. The lowest BCUT2D eigenvalue weighted by molar-refractivity contribution is -0.143. The molecule has 0 spiro atoms. The number of carboxylic acids is 1. The number of likely N-dealkylation sites (tertiary alicyclic amines) is 1. The summed E-state index contributed by atoms with van der Waals surface area (Å²) >= 11 is 0. The van der Waals surface area contributed by atoms with Gasteiger partial charge in [-0.1, -0.05) is 6.07 Å². The van der Waals surface area contributed by atoms with E-state index in [1.165, 1.54) is 11.8 Å². The highest BCUT2D eigenvalue weighted by atomic mass is 16.5. The topological polar surface area (TPSA) is 195 Å². The van der Waals surface area contributed by atoms with E-state index >= 15 is 0 Å². The lowest BCUT2D eigenvalue weighted by Gasteiger charge is -2.40. The van der Waals surface area contributed by atoms with E-state index in [4.69, 9.17) is 20.9 Å². The Morgan fingerprint density at radius 1 is 1.34 bits per heavy atom. The maximum absolute atomic E-state index is 12.5. The zero-order valence-electron chi connectivity index (χ0n) is 17.4. The maximum atomic E-state index is 12.5.